The number of aryl methyl sites for hydroxylation is 1. The van der Waals surface area contributed by atoms with Crippen molar-refractivity contribution in [2.24, 2.45) is 0 Å². The summed E-state index contributed by atoms with van der Waals surface area (Å²) in [6.45, 7) is 6.46. The molecule has 118 valence electrons. The van der Waals surface area contributed by atoms with Crippen LogP contribution in [0.15, 0.2) is 17.0 Å². The molecule has 0 bridgehead atoms. The van der Waals surface area contributed by atoms with E-state index >= 15 is 0 Å². The number of hydrogen-bond acceptors (Lipinski definition) is 4. The number of sulfonamides is 1. The minimum Gasteiger partial charge on any atom is -0.478 e. The number of aliphatic hydroxyl groups excluding tert-OH is 1. The van der Waals surface area contributed by atoms with Gasteiger partial charge in [-0.3, -0.25) is 0 Å². The van der Waals surface area contributed by atoms with Gasteiger partial charge in [0.15, 0.2) is 0 Å². The molecule has 0 aliphatic rings. The van der Waals surface area contributed by atoms with Crippen LogP contribution in [-0.2, 0) is 10.0 Å². The minimum atomic E-state index is -3.87. The minimum absolute atomic E-state index is 0.0501. The van der Waals surface area contributed by atoms with Crippen molar-refractivity contribution in [1.82, 2.24) is 4.72 Å². The third-order valence-corrected chi connectivity index (χ3v) is 5.13. The number of benzene rings is 1. The fourth-order valence-electron chi connectivity index (χ4n) is 1.98. The first-order chi connectivity index (χ1) is 9.50. The fourth-order valence-corrected chi connectivity index (χ4v) is 3.76. The smallest absolute Gasteiger partial charge is 0.335 e. The van der Waals surface area contributed by atoms with E-state index in [4.69, 9.17) is 10.2 Å². The Labute approximate surface area is 124 Å². The molecule has 1 aromatic rings. The molecule has 0 amide bonds. The number of carbonyl (C=O) groups is 1. The Morgan fingerprint density at radius 3 is 2.33 bits per heavy atom. The van der Waals surface area contributed by atoms with Gasteiger partial charge in [-0.25, -0.2) is 17.9 Å². The Bertz CT molecular complexity index is 650. The Hall–Kier alpha value is -1.44. The lowest BCUT2D eigenvalue weighted by Gasteiger charge is -2.25. The SMILES string of the molecule is Cc1cc(C(=O)O)cc(S(=O)(=O)NC(C)(C)CCO)c1C. The Morgan fingerprint density at radius 2 is 1.86 bits per heavy atom. The van der Waals surface area contributed by atoms with Crippen LogP contribution < -0.4 is 4.72 Å². The van der Waals surface area contributed by atoms with Crippen LogP contribution in [0.2, 0.25) is 0 Å². The van der Waals surface area contributed by atoms with Crippen molar-refractivity contribution < 1.29 is 23.4 Å². The lowest BCUT2D eigenvalue weighted by atomic mass is 10.0. The molecule has 0 saturated heterocycles. The quantitative estimate of drug-likeness (QED) is 0.737. The highest BCUT2D eigenvalue weighted by atomic mass is 32.2. The van der Waals surface area contributed by atoms with Crippen LogP contribution >= 0.6 is 0 Å². The Balaban J connectivity index is 3.35. The molecular weight excluding hydrogens is 294 g/mol. The van der Waals surface area contributed by atoms with Gasteiger partial charge in [0, 0.05) is 12.1 Å². The molecule has 6 nitrogen and oxygen atoms in total. The summed E-state index contributed by atoms with van der Waals surface area (Å²) in [6.07, 6.45) is 0.253. The van der Waals surface area contributed by atoms with Gasteiger partial charge < -0.3 is 10.2 Å². The monoisotopic (exact) mass is 315 g/mol. The fraction of sp³-hybridized carbons (Fsp3) is 0.500. The van der Waals surface area contributed by atoms with Gasteiger partial charge in [-0.15, -0.1) is 0 Å². The topological polar surface area (TPSA) is 104 Å². The molecule has 0 aromatic heterocycles. The van der Waals surface area contributed by atoms with Crippen LogP contribution in [0.4, 0.5) is 0 Å². The zero-order valence-corrected chi connectivity index (χ0v) is 13.4. The Morgan fingerprint density at radius 1 is 1.29 bits per heavy atom. The highest BCUT2D eigenvalue weighted by molar-refractivity contribution is 7.89. The summed E-state index contributed by atoms with van der Waals surface area (Å²) >= 11 is 0. The third-order valence-electron chi connectivity index (χ3n) is 3.30. The van der Waals surface area contributed by atoms with Gasteiger partial charge in [-0.2, -0.15) is 0 Å². The highest BCUT2D eigenvalue weighted by Crippen LogP contribution is 2.23. The van der Waals surface area contributed by atoms with Crippen molar-refractivity contribution >= 4 is 16.0 Å². The first-order valence-corrected chi connectivity index (χ1v) is 7.98. The zero-order valence-electron chi connectivity index (χ0n) is 12.6. The summed E-state index contributed by atoms with van der Waals surface area (Å²) in [4.78, 5) is 11.0. The van der Waals surface area contributed by atoms with Gasteiger partial charge >= 0.3 is 5.97 Å². The van der Waals surface area contributed by atoms with Gasteiger partial charge in [0.05, 0.1) is 10.5 Å². The Kier molecular flexibility index (Phi) is 5.14. The molecule has 0 fully saturated rings. The van der Waals surface area contributed by atoms with E-state index in [-0.39, 0.29) is 23.5 Å². The van der Waals surface area contributed by atoms with Crippen LogP contribution in [0.25, 0.3) is 0 Å². The van der Waals surface area contributed by atoms with Crippen molar-refractivity contribution in [3.63, 3.8) is 0 Å². The molecule has 1 rings (SSSR count). The maximum Gasteiger partial charge on any atom is 0.335 e. The molecular formula is C14H21NO5S. The van der Waals surface area contributed by atoms with Gasteiger partial charge in [0.1, 0.15) is 0 Å². The highest BCUT2D eigenvalue weighted by Gasteiger charge is 2.28. The second-order valence-corrected chi connectivity index (χ2v) is 7.34. The standard InChI is InChI=1S/C14H21NO5S/c1-9-7-11(13(17)18)8-12(10(9)2)21(19,20)15-14(3,4)5-6-16/h7-8,15-16H,5-6H2,1-4H3,(H,17,18). The summed E-state index contributed by atoms with van der Waals surface area (Å²) in [5, 5.41) is 18.0. The van der Waals surface area contributed by atoms with Gasteiger partial charge in [0.25, 0.3) is 0 Å². The maximum absolute atomic E-state index is 12.5. The number of carboxylic acids is 1. The molecule has 0 atom stereocenters. The summed E-state index contributed by atoms with van der Waals surface area (Å²) in [5.74, 6) is -1.18. The molecule has 21 heavy (non-hydrogen) atoms. The van der Waals surface area contributed by atoms with E-state index < -0.39 is 21.5 Å². The molecule has 0 aliphatic carbocycles. The second-order valence-electron chi connectivity index (χ2n) is 5.68. The summed E-state index contributed by atoms with van der Waals surface area (Å²) in [5.41, 5.74) is 0.202. The molecule has 0 unspecified atom stereocenters. The van der Waals surface area contributed by atoms with Crippen LogP contribution in [0, 0.1) is 13.8 Å². The van der Waals surface area contributed by atoms with Crippen molar-refractivity contribution in [3.05, 3.63) is 28.8 Å². The number of carboxylic acid groups (broad SMARTS) is 1. The van der Waals surface area contributed by atoms with E-state index in [0.717, 1.165) is 6.07 Å². The molecule has 0 spiro atoms. The van der Waals surface area contributed by atoms with Gasteiger partial charge in [-0.1, -0.05) is 0 Å². The number of aliphatic hydroxyl groups is 1. The van der Waals surface area contributed by atoms with Crippen molar-refractivity contribution in [2.75, 3.05) is 6.61 Å². The molecule has 0 heterocycles. The molecule has 1 aromatic carbocycles. The third kappa shape index (κ3) is 4.26. The van der Waals surface area contributed by atoms with Crippen LogP contribution in [0.1, 0.15) is 41.8 Å². The molecule has 7 heteroatoms. The van der Waals surface area contributed by atoms with Crippen molar-refractivity contribution in [1.29, 1.82) is 0 Å². The van der Waals surface area contributed by atoms with Gasteiger partial charge in [-0.05, 0) is 57.4 Å². The molecule has 0 aliphatic heterocycles. The number of hydrogen-bond donors (Lipinski definition) is 3. The predicted octanol–water partition coefficient (Wildman–Crippen LogP) is 1.44. The van der Waals surface area contributed by atoms with E-state index in [2.05, 4.69) is 4.72 Å². The lowest BCUT2D eigenvalue weighted by Crippen LogP contribution is -2.44. The normalized spacial score (nSPS) is 12.4. The number of aromatic carboxylic acids is 1. The van der Waals surface area contributed by atoms with E-state index in [1.807, 2.05) is 0 Å². The molecule has 0 saturated carbocycles. The average Bonchev–Trinajstić information content (AvgIpc) is 2.30. The summed E-state index contributed by atoms with van der Waals surface area (Å²) in [7, 11) is -3.87. The van der Waals surface area contributed by atoms with E-state index in [9.17, 15) is 13.2 Å². The van der Waals surface area contributed by atoms with E-state index in [1.165, 1.54) is 6.07 Å². The summed E-state index contributed by atoms with van der Waals surface area (Å²) in [6, 6.07) is 2.59. The average molecular weight is 315 g/mol. The predicted molar refractivity (Wildman–Crippen MR) is 79.0 cm³/mol. The molecule has 3 N–H and O–H groups in total. The first-order valence-electron chi connectivity index (χ1n) is 6.49. The van der Waals surface area contributed by atoms with Crippen molar-refractivity contribution in [2.45, 2.75) is 44.6 Å². The lowest BCUT2D eigenvalue weighted by molar-refractivity contribution is 0.0696. The second kappa shape index (κ2) is 6.13. The molecule has 0 radical (unpaired) electrons. The van der Waals surface area contributed by atoms with Crippen LogP contribution in [0.5, 0.6) is 0 Å². The number of rotatable bonds is 6. The van der Waals surface area contributed by atoms with Gasteiger partial charge in [0.2, 0.25) is 10.0 Å². The van der Waals surface area contributed by atoms with E-state index in [0.29, 0.717) is 11.1 Å². The van der Waals surface area contributed by atoms with Crippen LogP contribution in [-0.4, -0.2) is 36.7 Å². The first kappa shape index (κ1) is 17.6. The van der Waals surface area contributed by atoms with Crippen LogP contribution in [0.3, 0.4) is 0 Å². The number of nitrogens with one attached hydrogen (secondary N) is 1. The van der Waals surface area contributed by atoms with E-state index in [1.54, 1.807) is 27.7 Å². The van der Waals surface area contributed by atoms with Crippen molar-refractivity contribution in [3.8, 4) is 0 Å². The summed E-state index contributed by atoms with van der Waals surface area (Å²) < 4.78 is 27.5. The maximum atomic E-state index is 12.5. The zero-order chi connectivity index (χ0) is 16.4. The largest absolute Gasteiger partial charge is 0.478 e.